The molecule has 40 heavy (non-hydrogen) atoms. The number of halogens is 3. The first-order valence-electron chi connectivity index (χ1n) is 13.5. The van der Waals surface area contributed by atoms with Crippen LogP contribution >= 0.6 is 0 Å². The summed E-state index contributed by atoms with van der Waals surface area (Å²) >= 11 is 0. The van der Waals surface area contributed by atoms with Crippen LogP contribution in [0.3, 0.4) is 0 Å². The highest BCUT2D eigenvalue weighted by molar-refractivity contribution is 5.94. The van der Waals surface area contributed by atoms with Gasteiger partial charge in [0.2, 0.25) is 5.91 Å². The van der Waals surface area contributed by atoms with Crippen molar-refractivity contribution >= 4 is 11.8 Å². The fourth-order valence-corrected chi connectivity index (χ4v) is 5.07. The van der Waals surface area contributed by atoms with Crippen LogP contribution in [0.4, 0.5) is 13.2 Å². The number of hydrogen-bond donors (Lipinski definition) is 3. The van der Waals surface area contributed by atoms with Gasteiger partial charge < -0.3 is 20.9 Å². The van der Waals surface area contributed by atoms with Crippen molar-refractivity contribution in [2.45, 2.75) is 37.0 Å². The second kappa shape index (κ2) is 13.6. The zero-order chi connectivity index (χ0) is 28.5. The van der Waals surface area contributed by atoms with E-state index in [2.05, 4.69) is 40.2 Å². The van der Waals surface area contributed by atoms with Crippen LogP contribution < -0.4 is 16.0 Å². The molecule has 2 amide bonds. The molecule has 212 valence electrons. The van der Waals surface area contributed by atoms with E-state index in [1.165, 1.54) is 12.1 Å². The molecule has 0 bridgehead atoms. The molecule has 9 heteroatoms. The van der Waals surface area contributed by atoms with Gasteiger partial charge in [0.25, 0.3) is 5.91 Å². The van der Waals surface area contributed by atoms with Crippen LogP contribution in [0.25, 0.3) is 0 Å². The Morgan fingerprint density at radius 3 is 2.25 bits per heavy atom. The molecule has 0 aliphatic carbocycles. The Labute approximate surface area is 233 Å². The van der Waals surface area contributed by atoms with Crippen LogP contribution in [-0.4, -0.2) is 62.0 Å². The summed E-state index contributed by atoms with van der Waals surface area (Å²) in [4.78, 5) is 28.3. The standard InChI is InChI=1S/C31H35F3N4O2/c1-35-17-15-28-30(40)38(21-27(22-9-4-2-5-10-22)23-11-6-3-7-12-23)18-16-26(37-28)20-36-29(39)24-13-8-14-25(19-24)31(32,33)34/h2-14,19,26-28,35,37H,15-18,20-21H2,1H3,(H,36,39). The molecule has 1 heterocycles. The molecule has 3 aromatic carbocycles. The molecular formula is C31H35F3N4O2. The van der Waals surface area contributed by atoms with Crippen LogP contribution in [-0.2, 0) is 11.0 Å². The molecule has 0 spiro atoms. The number of alkyl halides is 3. The lowest BCUT2D eigenvalue weighted by Gasteiger charge is -2.29. The molecule has 4 rings (SSSR count). The van der Waals surface area contributed by atoms with E-state index in [0.717, 1.165) is 23.3 Å². The number of hydrogen-bond acceptors (Lipinski definition) is 4. The van der Waals surface area contributed by atoms with Crippen molar-refractivity contribution in [3.63, 3.8) is 0 Å². The highest BCUT2D eigenvalue weighted by Crippen LogP contribution is 2.30. The maximum absolute atomic E-state index is 13.7. The van der Waals surface area contributed by atoms with E-state index in [0.29, 0.717) is 32.5 Å². The van der Waals surface area contributed by atoms with Crippen LogP contribution in [0.5, 0.6) is 0 Å². The summed E-state index contributed by atoms with van der Waals surface area (Å²) in [6.45, 7) is 1.81. The van der Waals surface area contributed by atoms with Crippen LogP contribution in [0, 0.1) is 0 Å². The summed E-state index contributed by atoms with van der Waals surface area (Å²) in [7, 11) is 1.83. The predicted octanol–water partition coefficient (Wildman–Crippen LogP) is 4.44. The lowest BCUT2D eigenvalue weighted by atomic mass is 9.90. The first-order chi connectivity index (χ1) is 19.3. The van der Waals surface area contributed by atoms with E-state index in [-0.39, 0.29) is 30.0 Å². The number of nitrogens with zero attached hydrogens (tertiary/aromatic N) is 1. The van der Waals surface area contributed by atoms with Gasteiger partial charge in [0, 0.05) is 37.2 Å². The van der Waals surface area contributed by atoms with Crippen molar-refractivity contribution in [2.24, 2.45) is 0 Å². The summed E-state index contributed by atoms with van der Waals surface area (Å²) in [6.07, 6.45) is -3.38. The molecule has 0 saturated carbocycles. The Morgan fingerprint density at radius 2 is 1.65 bits per heavy atom. The topological polar surface area (TPSA) is 73.5 Å². The highest BCUT2D eigenvalue weighted by atomic mass is 19.4. The van der Waals surface area contributed by atoms with Crippen molar-refractivity contribution in [3.05, 3.63) is 107 Å². The third-order valence-corrected chi connectivity index (χ3v) is 7.25. The van der Waals surface area contributed by atoms with Gasteiger partial charge >= 0.3 is 6.18 Å². The summed E-state index contributed by atoms with van der Waals surface area (Å²) in [5.41, 5.74) is 1.32. The number of nitrogens with one attached hydrogen (secondary N) is 3. The number of carbonyl (C=O) groups is 2. The molecule has 1 fully saturated rings. The Morgan fingerprint density at radius 1 is 1.00 bits per heavy atom. The minimum Gasteiger partial charge on any atom is -0.350 e. The largest absolute Gasteiger partial charge is 0.416 e. The lowest BCUT2D eigenvalue weighted by molar-refractivity contribution is -0.137. The Hall–Kier alpha value is -3.69. The molecule has 1 aliphatic rings. The second-order valence-corrected chi connectivity index (χ2v) is 10.0. The third-order valence-electron chi connectivity index (χ3n) is 7.25. The fourth-order valence-electron chi connectivity index (χ4n) is 5.07. The summed E-state index contributed by atoms with van der Waals surface area (Å²) < 4.78 is 39.3. The maximum atomic E-state index is 13.7. The molecule has 2 unspecified atom stereocenters. The summed E-state index contributed by atoms with van der Waals surface area (Å²) in [5.74, 6) is -0.590. The van der Waals surface area contributed by atoms with Gasteiger partial charge in [-0.25, -0.2) is 0 Å². The van der Waals surface area contributed by atoms with E-state index < -0.39 is 23.7 Å². The smallest absolute Gasteiger partial charge is 0.350 e. The Kier molecular flexibility index (Phi) is 9.95. The minimum atomic E-state index is -4.53. The number of benzene rings is 3. The third kappa shape index (κ3) is 7.70. The molecule has 3 aromatic rings. The highest BCUT2D eigenvalue weighted by Gasteiger charge is 2.33. The Balaban J connectivity index is 1.48. The summed E-state index contributed by atoms with van der Waals surface area (Å²) in [5, 5.41) is 9.25. The predicted molar refractivity (Wildman–Crippen MR) is 149 cm³/mol. The molecule has 2 atom stereocenters. The van der Waals surface area contributed by atoms with Gasteiger partial charge in [-0.05, 0) is 55.8 Å². The minimum absolute atomic E-state index is 0.00110. The van der Waals surface area contributed by atoms with Crippen LogP contribution in [0.1, 0.15) is 45.8 Å². The summed E-state index contributed by atoms with van der Waals surface area (Å²) in [6, 6.07) is 23.9. The van der Waals surface area contributed by atoms with Crippen LogP contribution in [0.2, 0.25) is 0 Å². The van der Waals surface area contributed by atoms with E-state index in [1.54, 1.807) is 0 Å². The number of rotatable bonds is 10. The van der Waals surface area contributed by atoms with Crippen molar-refractivity contribution in [2.75, 3.05) is 33.2 Å². The average molecular weight is 553 g/mol. The Bertz CT molecular complexity index is 1210. The second-order valence-electron chi connectivity index (χ2n) is 10.0. The van der Waals surface area contributed by atoms with Crippen molar-refractivity contribution in [1.29, 1.82) is 0 Å². The van der Waals surface area contributed by atoms with Crippen molar-refractivity contribution in [3.8, 4) is 0 Å². The van der Waals surface area contributed by atoms with E-state index in [1.807, 2.05) is 48.3 Å². The van der Waals surface area contributed by atoms with Gasteiger partial charge in [0.1, 0.15) is 0 Å². The molecule has 0 aromatic heterocycles. The first-order valence-corrected chi connectivity index (χ1v) is 13.5. The van der Waals surface area contributed by atoms with Gasteiger partial charge in [0.05, 0.1) is 11.6 Å². The molecule has 0 radical (unpaired) electrons. The molecule has 1 aliphatic heterocycles. The van der Waals surface area contributed by atoms with Crippen molar-refractivity contribution in [1.82, 2.24) is 20.9 Å². The zero-order valence-corrected chi connectivity index (χ0v) is 22.5. The van der Waals surface area contributed by atoms with Gasteiger partial charge in [-0.1, -0.05) is 66.7 Å². The number of amides is 2. The maximum Gasteiger partial charge on any atom is 0.416 e. The van der Waals surface area contributed by atoms with Gasteiger partial charge in [-0.2, -0.15) is 13.2 Å². The van der Waals surface area contributed by atoms with E-state index in [4.69, 9.17) is 0 Å². The van der Waals surface area contributed by atoms with Crippen molar-refractivity contribution < 1.29 is 22.8 Å². The zero-order valence-electron chi connectivity index (χ0n) is 22.5. The lowest BCUT2D eigenvalue weighted by Crippen LogP contribution is -2.50. The quantitative estimate of drug-likeness (QED) is 0.348. The van der Waals surface area contributed by atoms with Gasteiger partial charge in [-0.3, -0.25) is 9.59 Å². The molecule has 6 nitrogen and oxygen atoms in total. The monoisotopic (exact) mass is 552 g/mol. The molecular weight excluding hydrogens is 517 g/mol. The van der Waals surface area contributed by atoms with E-state index >= 15 is 0 Å². The average Bonchev–Trinajstić information content (AvgIpc) is 3.12. The van der Waals surface area contributed by atoms with Crippen LogP contribution in [0.15, 0.2) is 84.9 Å². The SMILES string of the molecule is CNCCC1NC(CNC(=O)c2cccc(C(F)(F)F)c2)CCN(CC(c2ccccc2)c2ccccc2)C1=O. The molecule has 3 N–H and O–H groups in total. The number of carbonyl (C=O) groups excluding carboxylic acids is 2. The fraction of sp³-hybridized carbons (Fsp3) is 0.355. The normalized spacial score (nSPS) is 18.0. The molecule has 1 saturated heterocycles. The first kappa shape index (κ1) is 29.3. The van der Waals surface area contributed by atoms with E-state index in [9.17, 15) is 22.8 Å². The van der Waals surface area contributed by atoms with Gasteiger partial charge in [-0.15, -0.1) is 0 Å². The van der Waals surface area contributed by atoms with Gasteiger partial charge in [0.15, 0.2) is 0 Å².